The van der Waals surface area contributed by atoms with E-state index in [1.54, 1.807) is 0 Å². The fraction of sp³-hybridized carbons (Fsp3) is 0.733. The van der Waals surface area contributed by atoms with Crippen molar-refractivity contribution in [2.24, 2.45) is 0 Å². The van der Waals surface area contributed by atoms with Crippen LogP contribution in [0.2, 0.25) is 0 Å². The third-order valence-corrected chi connectivity index (χ3v) is 3.30. The smallest absolute Gasteiger partial charge is 0.303 e. The number of carbonyl (C=O) groups excluding carboxylic acids is 4. The highest BCUT2D eigenvalue weighted by molar-refractivity contribution is 5.73. The van der Waals surface area contributed by atoms with Gasteiger partial charge in [-0.1, -0.05) is 0 Å². The van der Waals surface area contributed by atoms with Gasteiger partial charge in [0.2, 0.25) is 5.91 Å². The second-order valence-electron chi connectivity index (χ2n) is 5.46. The third-order valence-electron chi connectivity index (χ3n) is 3.30. The van der Waals surface area contributed by atoms with Gasteiger partial charge in [0.1, 0.15) is 18.8 Å². The molecule has 5 atom stereocenters. The lowest BCUT2D eigenvalue weighted by molar-refractivity contribution is -0.271. The largest absolute Gasteiger partial charge is 0.463 e. The molecular weight excluding hydrogens is 338 g/mol. The summed E-state index contributed by atoms with van der Waals surface area (Å²) < 4.78 is 26.2. The molecule has 1 aliphatic heterocycles. The topological polar surface area (TPSA) is 126 Å². The van der Waals surface area contributed by atoms with Crippen molar-refractivity contribution in [3.8, 4) is 0 Å². The standard InChI is InChI=1S/C15H23NO9/c1-7(17)16-12-14(24-10(4)20)13(23-9(3)19)11(6-22-8(2)18)25-15(12)21-5/h11-15H,6H2,1-5H3,(H,16,17)/t11-,12-,13+,14-,15-/m0/s1. The number of nitrogens with one attached hydrogen (secondary N) is 1. The van der Waals surface area contributed by atoms with Crippen LogP contribution in [0.3, 0.4) is 0 Å². The fourth-order valence-corrected chi connectivity index (χ4v) is 2.49. The van der Waals surface area contributed by atoms with E-state index in [0.717, 1.165) is 0 Å². The SMILES string of the molecule is CO[C@H]1O[C@@H](COC(C)=O)[C@@H](OC(C)=O)[C@@H](OC(C)=O)[C@@H]1NC(C)=O. The van der Waals surface area contributed by atoms with Crippen LogP contribution in [0, 0.1) is 0 Å². The monoisotopic (exact) mass is 361 g/mol. The average Bonchev–Trinajstić information content (AvgIpc) is 2.48. The van der Waals surface area contributed by atoms with Crippen LogP contribution in [0.15, 0.2) is 0 Å². The lowest BCUT2D eigenvalue weighted by Gasteiger charge is -2.44. The second kappa shape index (κ2) is 9.33. The summed E-state index contributed by atoms with van der Waals surface area (Å²) in [7, 11) is 1.33. The van der Waals surface area contributed by atoms with Gasteiger partial charge in [-0.25, -0.2) is 0 Å². The predicted octanol–water partition coefficient (Wildman–Crippen LogP) is -0.711. The fourth-order valence-electron chi connectivity index (χ4n) is 2.49. The summed E-state index contributed by atoms with van der Waals surface area (Å²) in [4.78, 5) is 45.5. The first kappa shape index (κ1) is 20.8. The molecule has 1 heterocycles. The van der Waals surface area contributed by atoms with Gasteiger partial charge in [-0.2, -0.15) is 0 Å². The highest BCUT2D eigenvalue weighted by Crippen LogP contribution is 2.27. The first-order valence-electron chi connectivity index (χ1n) is 7.58. The van der Waals surface area contributed by atoms with Gasteiger partial charge in [-0.15, -0.1) is 0 Å². The second-order valence-corrected chi connectivity index (χ2v) is 5.46. The first-order valence-corrected chi connectivity index (χ1v) is 7.58. The van der Waals surface area contributed by atoms with Crippen LogP contribution >= 0.6 is 0 Å². The van der Waals surface area contributed by atoms with Crippen LogP contribution < -0.4 is 5.32 Å². The Bertz CT molecular complexity index is 521. The maximum atomic E-state index is 11.5. The first-order chi connectivity index (χ1) is 11.6. The van der Waals surface area contributed by atoms with E-state index >= 15 is 0 Å². The van der Waals surface area contributed by atoms with Gasteiger partial charge in [0.25, 0.3) is 0 Å². The predicted molar refractivity (Wildman–Crippen MR) is 81.0 cm³/mol. The molecule has 10 heteroatoms. The molecule has 0 saturated carbocycles. The van der Waals surface area contributed by atoms with E-state index in [2.05, 4.69) is 5.32 Å². The van der Waals surface area contributed by atoms with Crippen LogP contribution in [-0.4, -0.2) is 68.2 Å². The van der Waals surface area contributed by atoms with Crippen molar-refractivity contribution >= 4 is 23.8 Å². The summed E-state index contributed by atoms with van der Waals surface area (Å²) in [6.07, 6.45) is -4.17. The molecule has 1 saturated heterocycles. The number of hydrogen-bond donors (Lipinski definition) is 1. The zero-order valence-corrected chi connectivity index (χ0v) is 14.8. The van der Waals surface area contributed by atoms with E-state index in [1.165, 1.54) is 34.8 Å². The Labute approximate surface area is 145 Å². The molecule has 0 radical (unpaired) electrons. The van der Waals surface area contributed by atoms with Gasteiger partial charge in [0.15, 0.2) is 18.5 Å². The average molecular weight is 361 g/mol. The van der Waals surface area contributed by atoms with Crippen LogP contribution in [0.5, 0.6) is 0 Å². The van der Waals surface area contributed by atoms with E-state index in [0.29, 0.717) is 0 Å². The molecule has 0 aliphatic carbocycles. The summed E-state index contributed by atoms with van der Waals surface area (Å²) in [6.45, 7) is 4.57. The number of amides is 1. The molecular formula is C15H23NO9. The number of esters is 3. The van der Waals surface area contributed by atoms with Crippen molar-refractivity contribution in [1.82, 2.24) is 5.32 Å². The Morgan fingerprint density at radius 3 is 1.92 bits per heavy atom. The number of hydrogen-bond acceptors (Lipinski definition) is 9. The maximum absolute atomic E-state index is 11.5. The molecule has 0 aromatic rings. The highest BCUT2D eigenvalue weighted by atomic mass is 16.7. The van der Waals surface area contributed by atoms with Gasteiger partial charge in [0, 0.05) is 34.8 Å². The Balaban J connectivity index is 3.18. The Morgan fingerprint density at radius 1 is 0.920 bits per heavy atom. The molecule has 142 valence electrons. The zero-order valence-electron chi connectivity index (χ0n) is 14.8. The number of rotatable bonds is 6. The molecule has 1 rings (SSSR count). The maximum Gasteiger partial charge on any atom is 0.303 e. The summed E-state index contributed by atoms with van der Waals surface area (Å²) in [5.41, 5.74) is 0. The summed E-state index contributed by atoms with van der Waals surface area (Å²) in [5, 5.41) is 2.56. The molecule has 0 aromatic carbocycles. The minimum absolute atomic E-state index is 0.252. The molecule has 0 bridgehead atoms. The van der Waals surface area contributed by atoms with E-state index in [4.69, 9.17) is 23.7 Å². The molecule has 0 aromatic heterocycles. The molecule has 25 heavy (non-hydrogen) atoms. The lowest BCUT2D eigenvalue weighted by atomic mass is 9.96. The molecule has 10 nitrogen and oxygen atoms in total. The van der Waals surface area contributed by atoms with Gasteiger partial charge >= 0.3 is 17.9 Å². The Morgan fingerprint density at radius 2 is 1.48 bits per heavy atom. The van der Waals surface area contributed by atoms with E-state index < -0.39 is 54.5 Å². The molecule has 0 spiro atoms. The van der Waals surface area contributed by atoms with Crippen LogP contribution in [0.1, 0.15) is 27.7 Å². The Kier molecular flexibility index (Phi) is 7.78. The van der Waals surface area contributed by atoms with Gasteiger partial charge in [-0.05, 0) is 0 Å². The summed E-state index contributed by atoms with van der Waals surface area (Å²) in [6, 6.07) is -0.927. The van der Waals surface area contributed by atoms with Crippen LogP contribution in [0.4, 0.5) is 0 Å². The quantitative estimate of drug-likeness (QED) is 0.482. The Hall–Kier alpha value is -2.20. The highest BCUT2D eigenvalue weighted by Gasteiger charge is 2.50. The number of carbonyl (C=O) groups is 4. The molecule has 1 aliphatic rings. The van der Waals surface area contributed by atoms with Crippen molar-refractivity contribution in [1.29, 1.82) is 0 Å². The van der Waals surface area contributed by atoms with Crippen LogP contribution in [-0.2, 0) is 42.9 Å². The van der Waals surface area contributed by atoms with Gasteiger partial charge < -0.3 is 29.0 Å². The van der Waals surface area contributed by atoms with E-state index in [9.17, 15) is 19.2 Å². The molecule has 1 fully saturated rings. The van der Waals surface area contributed by atoms with Crippen molar-refractivity contribution in [3.63, 3.8) is 0 Å². The summed E-state index contributed by atoms with van der Waals surface area (Å²) in [5.74, 6) is -2.29. The van der Waals surface area contributed by atoms with E-state index in [1.807, 2.05) is 0 Å². The van der Waals surface area contributed by atoms with Crippen molar-refractivity contribution in [3.05, 3.63) is 0 Å². The van der Waals surface area contributed by atoms with Crippen molar-refractivity contribution in [2.45, 2.75) is 58.3 Å². The number of ether oxygens (including phenoxy) is 5. The third kappa shape index (κ3) is 6.31. The van der Waals surface area contributed by atoms with Crippen LogP contribution in [0.25, 0.3) is 0 Å². The minimum Gasteiger partial charge on any atom is -0.463 e. The van der Waals surface area contributed by atoms with Crippen molar-refractivity contribution < 1.29 is 42.9 Å². The van der Waals surface area contributed by atoms with E-state index in [-0.39, 0.29) is 6.61 Å². The lowest BCUT2D eigenvalue weighted by Crippen LogP contribution is -2.66. The van der Waals surface area contributed by atoms with Gasteiger partial charge in [-0.3, -0.25) is 19.2 Å². The normalized spacial score (nSPS) is 28.6. The molecule has 1 amide bonds. The van der Waals surface area contributed by atoms with Gasteiger partial charge in [0.05, 0.1) is 0 Å². The zero-order chi connectivity index (χ0) is 19.1. The van der Waals surface area contributed by atoms with Crippen molar-refractivity contribution in [2.75, 3.05) is 13.7 Å². The molecule has 0 unspecified atom stereocenters. The summed E-state index contributed by atoms with van der Waals surface area (Å²) >= 11 is 0. The number of methoxy groups -OCH3 is 1. The molecule has 1 N–H and O–H groups in total. The minimum atomic E-state index is -1.11.